The number of rotatable bonds is 2. The van der Waals surface area contributed by atoms with Crippen LogP contribution in [-0.2, 0) is 4.74 Å². The van der Waals surface area contributed by atoms with Crippen LogP contribution in [0.2, 0.25) is 5.02 Å². The van der Waals surface area contributed by atoms with Gasteiger partial charge in [-0.15, -0.1) is 0 Å². The minimum absolute atomic E-state index is 0.0402. The van der Waals surface area contributed by atoms with Gasteiger partial charge >= 0.3 is 6.09 Å². The molecular weight excluding hydrogens is 264 g/mol. The van der Waals surface area contributed by atoms with Crippen molar-refractivity contribution in [3.05, 3.63) is 28.8 Å². The molecule has 0 radical (unpaired) electrons. The van der Waals surface area contributed by atoms with Crippen LogP contribution in [0, 0.1) is 6.92 Å². The van der Waals surface area contributed by atoms with Crippen LogP contribution in [0.3, 0.4) is 0 Å². The van der Waals surface area contributed by atoms with E-state index >= 15 is 0 Å². The van der Waals surface area contributed by atoms with E-state index in [1.807, 2.05) is 26.1 Å². The lowest BCUT2D eigenvalue weighted by Gasteiger charge is -2.29. The highest BCUT2D eigenvalue weighted by Gasteiger charge is 2.21. The smallest absolute Gasteiger partial charge is 0.411 e. The zero-order valence-corrected chi connectivity index (χ0v) is 12.0. The van der Waals surface area contributed by atoms with Gasteiger partial charge in [-0.25, -0.2) is 4.79 Å². The zero-order valence-electron chi connectivity index (χ0n) is 11.3. The van der Waals surface area contributed by atoms with Crippen molar-refractivity contribution in [3.63, 3.8) is 0 Å². The second-order valence-corrected chi connectivity index (χ2v) is 5.40. The lowest BCUT2D eigenvalue weighted by atomic mass is 10.1. The maximum absolute atomic E-state index is 11.9. The Kier molecular flexibility index (Phi) is 4.66. The van der Waals surface area contributed by atoms with E-state index in [0.29, 0.717) is 10.7 Å². The number of ether oxygens (including phenoxy) is 1. The predicted octanol–water partition coefficient (Wildman–Crippen LogP) is 3.29. The molecule has 0 aliphatic carbocycles. The maximum Gasteiger partial charge on any atom is 0.411 e. The fourth-order valence-electron chi connectivity index (χ4n) is 2.29. The molecular formula is C14H19ClN2O2. The normalized spacial score (nSPS) is 20.1. The molecule has 0 spiro atoms. The highest BCUT2D eigenvalue weighted by atomic mass is 35.5. The molecule has 0 saturated carbocycles. The lowest BCUT2D eigenvalue weighted by Crippen LogP contribution is -2.38. The van der Waals surface area contributed by atoms with E-state index in [4.69, 9.17) is 16.3 Å². The summed E-state index contributed by atoms with van der Waals surface area (Å²) in [5.74, 6) is 0. The van der Waals surface area contributed by atoms with Gasteiger partial charge in [-0.3, -0.25) is 5.32 Å². The molecule has 1 amide bonds. The van der Waals surface area contributed by atoms with Crippen LogP contribution in [0.15, 0.2) is 18.2 Å². The van der Waals surface area contributed by atoms with Crippen molar-refractivity contribution in [3.8, 4) is 0 Å². The van der Waals surface area contributed by atoms with Gasteiger partial charge in [-0.2, -0.15) is 0 Å². The summed E-state index contributed by atoms with van der Waals surface area (Å²) in [6.07, 6.45) is 1.50. The van der Waals surface area contributed by atoms with Gasteiger partial charge < -0.3 is 9.64 Å². The molecule has 1 saturated heterocycles. The van der Waals surface area contributed by atoms with Crippen molar-refractivity contribution in [2.75, 3.05) is 25.5 Å². The number of nitrogens with zero attached hydrogens (tertiary/aromatic N) is 1. The number of amides is 1. The SMILES string of the molecule is Cc1cccc(Cl)c1NC(=O)O[C@@H]1CCCN(C)C1. The van der Waals surface area contributed by atoms with Gasteiger partial charge in [0.15, 0.2) is 0 Å². The number of halogens is 1. The summed E-state index contributed by atoms with van der Waals surface area (Å²) < 4.78 is 5.43. The van der Waals surface area contributed by atoms with E-state index in [9.17, 15) is 4.79 Å². The van der Waals surface area contributed by atoms with Gasteiger partial charge in [0.25, 0.3) is 0 Å². The molecule has 1 aliphatic heterocycles. The number of nitrogens with one attached hydrogen (secondary N) is 1. The first-order valence-electron chi connectivity index (χ1n) is 6.47. The van der Waals surface area contributed by atoms with Crippen LogP contribution in [-0.4, -0.2) is 37.2 Å². The van der Waals surface area contributed by atoms with E-state index in [-0.39, 0.29) is 6.10 Å². The average Bonchev–Trinajstić information content (AvgIpc) is 2.34. The van der Waals surface area contributed by atoms with Crippen molar-refractivity contribution in [1.82, 2.24) is 4.90 Å². The standard InChI is InChI=1S/C14H19ClN2O2/c1-10-5-3-7-12(15)13(10)16-14(18)19-11-6-4-8-17(2)9-11/h3,5,7,11H,4,6,8-9H2,1-2H3,(H,16,18)/t11-/m1/s1. The minimum Gasteiger partial charge on any atom is -0.445 e. The number of anilines is 1. The molecule has 104 valence electrons. The molecule has 4 nitrogen and oxygen atoms in total. The first kappa shape index (κ1) is 14.2. The summed E-state index contributed by atoms with van der Waals surface area (Å²) in [6.45, 7) is 3.75. The largest absolute Gasteiger partial charge is 0.445 e. The van der Waals surface area contributed by atoms with Crippen molar-refractivity contribution < 1.29 is 9.53 Å². The third-order valence-corrected chi connectivity index (χ3v) is 3.62. The van der Waals surface area contributed by atoms with Gasteiger partial charge in [0.05, 0.1) is 10.7 Å². The molecule has 5 heteroatoms. The number of benzene rings is 1. The molecule has 1 aromatic rings. The quantitative estimate of drug-likeness (QED) is 0.905. The molecule has 2 rings (SSSR count). The van der Waals surface area contributed by atoms with Gasteiger partial charge in [-0.1, -0.05) is 23.7 Å². The Bertz CT molecular complexity index is 445. The molecule has 1 N–H and O–H groups in total. The Morgan fingerprint density at radius 1 is 1.53 bits per heavy atom. The van der Waals surface area contributed by atoms with Crippen molar-refractivity contribution >= 4 is 23.4 Å². The number of hydrogen-bond donors (Lipinski definition) is 1. The average molecular weight is 283 g/mol. The third-order valence-electron chi connectivity index (χ3n) is 3.30. The first-order valence-corrected chi connectivity index (χ1v) is 6.85. The van der Waals surface area contributed by atoms with Gasteiger partial charge in [0.1, 0.15) is 6.10 Å². The Morgan fingerprint density at radius 2 is 2.32 bits per heavy atom. The maximum atomic E-state index is 11.9. The van der Waals surface area contributed by atoms with Gasteiger partial charge in [0, 0.05) is 6.54 Å². The Morgan fingerprint density at radius 3 is 3.00 bits per heavy atom. The fourth-order valence-corrected chi connectivity index (χ4v) is 2.56. The van der Waals surface area contributed by atoms with Crippen molar-refractivity contribution in [1.29, 1.82) is 0 Å². The predicted molar refractivity (Wildman–Crippen MR) is 76.8 cm³/mol. The van der Waals surface area contributed by atoms with E-state index in [0.717, 1.165) is 31.5 Å². The van der Waals surface area contributed by atoms with Crippen LogP contribution in [0.1, 0.15) is 18.4 Å². The molecule has 1 aliphatic rings. The topological polar surface area (TPSA) is 41.6 Å². The molecule has 0 bridgehead atoms. The second kappa shape index (κ2) is 6.26. The third kappa shape index (κ3) is 3.85. The van der Waals surface area contributed by atoms with E-state index in [2.05, 4.69) is 10.2 Å². The summed E-state index contributed by atoms with van der Waals surface area (Å²) in [4.78, 5) is 14.1. The molecule has 1 atom stereocenters. The number of aryl methyl sites for hydroxylation is 1. The Hall–Kier alpha value is -1.26. The van der Waals surface area contributed by atoms with Crippen molar-refractivity contribution in [2.45, 2.75) is 25.9 Å². The van der Waals surface area contributed by atoms with Gasteiger partial charge in [0.2, 0.25) is 0 Å². The number of carbonyl (C=O) groups is 1. The van der Waals surface area contributed by atoms with Crippen LogP contribution < -0.4 is 5.32 Å². The summed E-state index contributed by atoms with van der Waals surface area (Å²) in [5, 5.41) is 3.25. The molecule has 0 aromatic heterocycles. The molecule has 0 unspecified atom stereocenters. The number of hydrogen-bond acceptors (Lipinski definition) is 3. The summed E-state index contributed by atoms with van der Waals surface area (Å²) in [7, 11) is 2.03. The van der Waals surface area contributed by atoms with Crippen LogP contribution in [0.5, 0.6) is 0 Å². The zero-order chi connectivity index (χ0) is 13.8. The Labute approximate surface area is 118 Å². The molecule has 19 heavy (non-hydrogen) atoms. The second-order valence-electron chi connectivity index (χ2n) is 4.99. The molecule has 1 aromatic carbocycles. The summed E-state index contributed by atoms with van der Waals surface area (Å²) in [5.41, 5.74) is 1.54. The Balaban J connectivity index is 1.94. The van der Waals surface area contributed by atoms with E-state index in [1.54, 1.807) is 6.07 Å². The summed E-state index contributed by atoms with van der Waals surface area (Å²) >= 11 is 6.06. The van der Waals surface area contributed by atoms with E-state index in [1.165, 1.54) is 0 Å². The number of likely N-dealkylation sites (N-methyl/N-ethyl adjacent to an activating group) is 1. The van der Waals surface area contributed by atoms with Crippen molar-refractivity contribution in [2.24, 2.45) is 0 Å². The highest BCUT2D eigenvalue weighted by Crippen LogP contribution is 2.25. The summed E-state index contributed by atoms with van der Waals surface area (Å²) in [6, 6.07) is 5.50. The number of para-hydroxylation sites is 1. The van der Waals surface area contributed by atoms with Crippen LogP contribution >= 0.6 is 11.6 Å². The van der Waals surface area contributed by atoms with Gasteiger partial charge in [-0.05, 0) is 45.0 Å². The minimum atomic E-state index is -0.434. The molecule has 1 fully saturated rings. The fraction of sp³-hybridized carbons (Fsp3) is 0.500. The highest BCUT2D eigenvalue weighted by molar-refractivity contribution is 6.33. The number of likely N-dealkylation sites (tertiary alicyclic amines) is 1. The number of carbonyl (C=O) groups excluding carboxylic acids is 1. The first-order chi connectivity index (χ1) is 9.06. The lowest BCUT2D eigenvalue weighted by molar-refractivity contribution is 0.0593. The van der Waals surface area contributed by atoms with Crippen LogP contribution in [0.25, 0.3) is 0 Å². The monoisotopic (exact) mass is 282 g/mol. The van der Waals surface area contributed by atoms with E-state index < -0.39 is 6.09 Å². The molecule has 1 heterocycles. The van der Waals surface area contributed by atoms with Crippen LogP contribution in [0.4, 0.5) is 10.5 Å². The number of piperidine rings is 1.